The Hall–Kier alpha value is -1.27. The fourth-order valence-electron chi connectivity index (χ4n) is 2.31. The summed E-state index contributed by atoms with van der Waals surface area (Å²) in [4.78, 5) is 2.29. The highest BCUT2D eigenvalue weighted by atomic mass is 32.2. The first-order valence-corrected chi connectivity index (χ1v) is 7.70. The summed E-state index contributed by atoms with van der Waals surface area (Å²) in [5.74, 6) is 0. The maximum Gasteiger partial charge on any atom is 0.238 e. The molecule has 1 aliphatic rings. The second kappa shape index (κ2) is 5.16. The number of primary sulfonamides is 1. The Kier molecular flexibility index (Phi) is 3.77. The largest absolute Gasteiger partial charge is 0.397 e. The maximum absolute atomic E-state index is 11.2. The van der Waals surface area contributed by atoms with Crippen LogP contribution in [0.1, 0.15) is 25.7 Å². The van der Waals surface area contributed by atoms with Crippen molar-refractivity contribution >= 4 is 21.4 Å². The van der Waals surface area contributed by atoms with Gasteiger partial charge in [-0.25, -0.2) is 13.6 Å². The van der Waals surface area contributed by atoms with Gasteiger partial charge in [-0.1, -0.05) is 12.8 Å². The van der Waals surface area contributed by atoms with Crippen molar-refractivity contribution in [2.24, 2.45) is 5.14 Å². The summed E-state index contributed by atoms with van der Waals surface area (Å²) in [6.07, 6.45) is 4.78. The van der Waals surface area contributed by atoms with E-state index in [0.29, 0.717) is 5.69 Å². The molecular weight excluding hydrogens is 250 g/mol. The average molecular weight is 269 g/mol. The van der Waals surface area contributed by atoms with Crippen LogP contribution in [0.2, 0.25) is 0 Å². The van der Waals surface area contributed by atoms with E-state index < -0.39 is 10.0 Å². The number of sulfonamides is 1. The first-order chi connectivity index (χ1) is 8.48. The minimum Gasteiger partial charge on any atom is -0.397 e. The number of benzene rings is 1. The summed E-state index contributed by atoms with van der Waals surface area (Å²) in [5.41, 5.74) is 7.32. The summed E-state index contributed by atoms with van der Waals surface area (Å²) in [6.45, 7) is 1.94. The van der Waals surface area contributed by atoms with Gasteiger partial charge < -0.3 is 10.6 Å². The van der Waals surface area contributed by atoms with Crippen LogP contribution >= 0.6 is 0 Å². The molecule has 0 spiro atoms. The Morgan fingerprint density at radius 2 is 1.67 bits per heavy atom. The molecule has 0 bridgehead atoms. The third kappa shape index (κ3) is 2.94. The van der Waals surface area contributed by atoms with E-state index in [2.05, 4.69) is 4.90 Å². The second-order valence-electron chi connectivity index (χ2n) is 4.67. The molecule has 6 heteroatoms. The maximum atomic E-state index is 11.2. The van der Waals surface area contributed by atoms with Crippen LogP contribution in [-0.4, -0.2) is 21.5 Å². The topological polar surface area (TPSA) is 89.4 Å². The molecule has 0 unspecified atom stereocenters. The first kappa shape index (κ1) is 13.2. The number of nitrogens with two attached hydrogens (primary N) is 2. The van der Waals surface area contributed by atoms with Gasteiger partial charge in [0.1, 0.15) is 0 Å². The van der Waals surface area contributed by atoms with Crippen molar-refractivity contribution in [3.63, 3.8) is 0 Å². The molecule has 1 aromatic rings. The summed E-state index contributed by atoms with van der Waals surface area (Å²) in [5, 5.41) is 5.08. The van der Waals surface area contributed by atoms with E-state index in [4.69, 9.17) is 10.9 Å². The highest BCUT2D eigenvalue weighted by Gasteiger charge is 2.15. The predicted octanol–water partition coefficient (Wildman–Crippen LogP) is 1.30. The van der Waals surface area contributed by atoms with Crippen LogP contribution in [0.3, 0.4) is 0 Å². The number of anilines is 2. The van der Waals surface area contributed by atoms with Crippen LogP contribution in [-0.2, 0) is 10.0 Å². The number of nitrogens with zero attached hydrogens (tertiary/aromatic N) is 1. The lowest BCUT2D eigenvalue weighted by atomic mass is 10.2. The zero-order valence-electron chi connectivity index (χ0n) is 10.3. The molecule has 0 aromatic heterocycles. The summed E-state index contributed by atoms with van der Waals surface area (Å²) < 4.78 is 22.5. The molecule has 5 nitrogen and oxygen atoms in total. The van der Waals surface area contributed by atoms with Gasteiger partial charge in [0.15, 0.2) is 0 Å². The molecule has 0 atom stereocenters. The highest BCUT2D eigenvalue weighted by Crippen LogP contribution is 2.27. The fourth-order valence-corrected chi connectivity index (χ4v) is 2.86. The lowest BCUT2D eigenvalue weighted by Crippen LogP contribution is -2.25. The Morgan fingerprint density at radius 1 is 1.06 bits per heavy atom. The first-order valence-electron chi connectivity index (χ1n) is 6.16. The molecule has 0 saturated carbocycles. The standard InChI is InChI=1S/C12H19N3O2S/c13-11-9-10(18(14,16)17)5-6-12(11)15-7-3-1-2-4-8-15/h5-6,9H,1-4,7-8,13H2,(H2,14,16,17). The lowest BCUT2D eigenvalue weighted by Gasteiger charge is -2.24. The molecule has 2 rings (SSSR count). The van der Waals surface area contributed by atoms with Crippen LogP contribution in [0.4, 0.5) is 11.4 Å². The molecule has 4 N–H and O–H groups in total. The van der Waals surface area contributed by atoms with E-state index >= 15 is 0 Å². The van der Waals surface area contributed by atoms with Crippen LogP contribution < -0.4 is 15.8 Å². The smallest absolute Gasteiger partial charge is 0.238 e. The molecule has 1 aliphatic heterocycles. The van der Waals surface area contributed by atoms with Gasteiger partial charge in [-0.15, -0.1) is 0 Å². The number of nitrogen functional groups attached to an aromatic ring is 1. The van der Waals surface area contributed by atoms with E-state index in [1.165, 1.54) is 25.0 Å². The van der Waals surface area contributed by atoms with Gasteiger partial charge in [0.05, 0.1) is 16.3 Å². The van der Waals surface area contributed by atoms with Crippen molar-refractivity contribution in [3.05, 3.63) is 18.2 Å². The molecule has 18 heavy (non-hydrogen) atoms. The number of hydrogen-bond donors (Lipinski definition) is 2. The third-order valence-corrected chi connectivity index (χ3v) is 4.19. The van der Waals surface area contributed by atoms with Gasteiger partial charge >= 0.3 is 0 Å². The quantitative estimate of drug-likeness (QED) is 0.792. The van der Waals surface area contributed by atoms with E-state index in [0.717, 1.165) is 31.6 Å². The Balaban J connectivity index is 2.29. The van der Waals surface area contributed by atoms with Gasteiger partial charge in [-0.3, -0.25) is 0 Å². The molecule has 0 aliphatic carbocycles. The van der Waals surface area contributed by atoms with Crippen molar-refractivity contribution in [3.8, 4) is 0 Å². The molecule has 0 radical (unpaired) electrons. The van der Waals surface area contributed by atoms with E-state index in [1.807, 2.05) is 0 Å². The van der Waals surface area contributed by atoms with Gasteiger partial charge in [-0.05, 0) is 31.0 Å². The normalized spacial score (nSPS) is 17.5. The molecule has 1 heterocycles. The highest BCUT2D eigenvalue weighted by molar-refractivity contribution is 7.89. The monoisotopic (exact) mass is 269 g/mol. The Labute approximate surface area is 108 Å². The summed E-state index contributed by atoms with van der Waals surface area (Å²) in [7, 11) is -3.68. The Bertz CT molecular complexity index is 520. The van der Waals surface area contributed by atoms with Crippen molar-refractivity contribution in [1.29, 1.82) is 0 Å². The van der Waals surface area contributed by atoms with Crippen molar-refractivity contribution in [2.75, 3.05) is 23.7 Å². The lowest BCUT2D eigenvalue weighted by molar-refractivity contribution is 0.598. The molecule has 1 aromatic carbocycles. The van der Waals surface area contributed by atoms with Gasteiger partial charge in [0.2, 0.25) is 10.0 Å². The molecular formula is C12H19N3O2S. The van der Waals surface area contributed by atoms with Crippen LogP contribution in [0.15, 0.2) is 23.1 Å². The van der Waals surface area contributed by atoms with Crippen molar-refractivity contribution in [2.45, 2.75) is 30.6 Å². The zero-order valence-corrected chi connectivity index (χ0v) is 11.1. The van der Waals surface area contributed by atoms with E-state index in [-0.39, 0.29) is 4.90 Å². The molecule has 1 fully saturated rings. The van der Waals surface area contributed by atoms with Gasteiger partial charge in [0.25, 0.3) is 0 Å². The van der Waals surface area contributed by atoms with Crippen LogP contribution in [0.25, 0.3) is 0 Å². The molecule has 100 valence electrons. The Morgan fingerprint density at radius 3 is 2.17 bits per heavy atom. The van der Waals surface area contributed by atoms with Gasteiger partial charge in [-0.2, -0.15) is 0 Å². The average Bonchev–Trinajstić information content (AvgIpc) is 2.56. The van der Waals surface area contributed by atoms with Crippen molar-refractivity contribution < 1.29 is 8.42 Å². The second-order valence-corrected chi connectivity index (χ2v) is 6.23. The molecule has 0 amide bonds. The van der Waals surface area contributed by atoms with E-state index in [9.17, 15) is 8.42 Å². The summed E-state index contributed by atoms with van der Waals surface area (Å²) in [6, 6.07) is 4.71. The molecule has 1 saturated heterocycles. The van der Waals surface area contributed by atoms with Gasteiger partial charge in [0, 0.05) is 13.1 Å². The number of rotatable bonds is 2. The minimum absolute atomic E-state index is 0.0681. The van der Waals surface area contributed by atoms with Crippen LogP contribution in [0, 0.1) is 0 Å². The van der Waals surface area contributed by atoms with Crippen LogP contribution in [0.5, 0.6) is 0 Å². The van der Waals surface area contributed by atoms with E-state index in [1.54, 1.807) is 6.07 Å². The zero-order chi connectivity index (χ0) is 13.2. The van der Waals surface area contributed by atoms with Crippen molar-refractivity contribution in [1.82, 2.24) is 0 Å². The summed E-state index contributed by atoms with van der Waals surface area (Å²) >= 11 is 0. The number of hydrogen-bond acceptors (Lipinski definition) is 4. The minimum atomic E-state index is -3.68. The predicted molar refractivity (Wildman–Crippen MR) is 72.9 cm³/mol. The SMILES string of the molecule is Nc1cc(S(N)(=O)=O)ccc1N1CCCCCC1. The fraction of sp³-hybridized carbons (Fsp3) is 0.500. The third-order valence-electron chi connectivity index (χ3n) is 3.27.